The summed E-state index contributed by atoms with van der Waals surface area (Å²) >= 11 is 1.90. The molecular weight excluding hydrogens is 283 g/mol. The van der Waals surface area contributed by atoms with Gasteiger partial charge in [0.15, 0.2) is 5.78 Å². The van der Waals surface area contributed by atoms with E-state index in [0.29, 0.717) is 3.57 Å². The van der Waals surface area contributed by atoms with Crippen LogP contribution in [0.5, 0.6) is 0 Å². The predicted octanol–water partition coefficient (Wildman–Crippen LogP) is 2.19. The van der Waals surface area contributed by atoms with Gasteiger partial charge in [-0.3, -0.25) is 4.79 Å². The van der Waals surface area contributed by atoms with Crippen molar-refractivity contribution in [3.05, 3.63) is 32.9 Å². The average molecular weight is 290 g/mol. The largest absolute Gasteiger partial charge is 0.478 e. The first-order valence-corrected chi connectivity index (χ1v) is 4.64. The minimum absolute atomic E-state index is 0.0931. The maximum atomic E-state index is 11.1. The van der Waals surface area contributed by atoms with Gasteiger partial charge in [0.05, 0.1) is 5.56 Å². The summed E-state index contributed by atoms with van der Waals surface area (Å²) in [5, 5.41) is 8.84. The smallest absolute Gasteiger partial charge is 0.337 e. The van der Waals surface area contributed by atoms with Crippen molar-refractivity contribution in [1.82, 2.24) is 0 Å². The van der Waals surface area contributed by atoms with Crippen LogP contribution < -0.4 is 0 Å². The Morgan fingerprint density at radius 1 is 1.38 bits per heavy atom. The lowest BCUT2D eigenvalue weighted by atomic mass is 10.1. The predicted molar refractivity (Wildman–Crippen MR) is 56.1 cm³/mol. The zero-order valence-electron chi connectivity index (χ0n) is 6.87. The number of carboxylic acid groups (broad SMARTS) is 1. The van der Waals surface area contributed by atoms with Crippen LogP contribution in [0, 0.1) is 3.57 Å². The van der Waals surface area contributed by atoms with Crippen LogP contribution in [0.25, 0.3) is 0 Å². The molecule has 1 rings (SSSR count). The molecule has 13 heavy (non-hydrogen) atoms. The Morgan fingerprint density at radius 3 is 2.38 bits per heavy atom. The molecule has 1 aromatic carbocycles. The lowest BCUT2D eigenvalue weighted by Crippen LogP contribution is -2.08. The molecule has 3 nitrogen and oxygen atoms in total. The summed E-state index contributed by atoms with van der Waals surface area (Å²) < 4.78 is 0.581. The standard InChI is InChI=1S/C9H7IO3/c1-5(11)6-3-2-4-7(10)8(6)9(12)13/h2-4H,1H3,(H,12,13). The molecule has 0 bridgehead atoms. The lowest BCUT2D eigenvalue weighted by molar-refractivity contribution is 0.0691. The van der Waals surface area contributed by atoms with Gasteiger partial charge in [-0.1, -0.05) is 12.1 Å². The Hall–Kier alpha value is -0.910. The van der Waals surface area contributed by atoms with Crippen molar-refractivity contribution in [2.75, 3.05) is 0 Å². The number of hydrogen-bond donors (Lipinski definition) is 1. The van der Waals surface area contributed by atoms with Crippen LogP contribution in [0.3, 0.4) is 0 Å². The van der Waals surface area contributed by atoms with Crippen LogP contribution in [0.15, 0.2) is 18.2 Å². The quantitative estimate of drug-likeness (QED) is 0.671. The Labute approximate surface area is 88.9 Å². The summed E-state index contributed by atoms with van der Waals surface area (Å²) in [7, 11) is 0. The first-order chi connectivity index (χ1) is 6.04. The average Bonchev–Trinajstić information content (AvgIpc) is 2.02. The highest BCUT2D eigenvalue weighted by Gasteiger charge is 2.15. The third-order valence-corrected chi connectivity index (χ3v) is 2.51. The molecule has 0 aliphatic rings. The number of carboxylic acids is 1. The molecule has 0 radical (unpaired) electrons. The fourth-order valence-corrected chi connectivity index (χ4v) is 1.76. The normalized spacial score (nSPS) is 9.69. The van der Waals surface area contributed by atoms with Gasteiger partial charge in [-0.25, -0.2) is 4.79 Å². The summed E-state index contributed by atoms with van der Waals surface area (Å²) in [6, 6.07) is 4.86. The Morgan fingerprint density at radius 2 is 2.00 bits per heavy atom. The molecule has 1 N–H and O–H groups in total. The third-order valence-electron chi connectivity index (χ3n) is 1.61. The Bertz CT molecular complexity index is 371. The molecule has 0 amide bonds. The van der Waals surface area contributed by atoms with Crippen LogP contribution in [-0.4, -0.2) is 16.9 Å². The fraction of sp³-hybridized carbons (Fsp3) is 0.111. The molecule has 1 aromatic rings. The number of rotatable bonds is 2. The Kier molecular flexibility index (Phi) is 3.02. The number of halogens is 1. The highest BCUT2D eigenvalue weighted by Crippen LogP contribution is 2.17. The van der Waals surface area contributed by atoms with E-state index < -0.39 is 5.97 Å². The number of benzene rings is 1. The number of hydrogen-bond acceptors (Lipinski definition) is 2. The minimum atomic E-state index is -1.06. The minimum Gasteiger partial charge on any atom is -0.478 e. The lowest BCUT2D eigenvalue weighted by Gasteiger charge is -2.03. The number of Topliss-reactive ketones (excluding diaryl/α,β-unsaturated/α-hetero) is 1. The molecule has 0 atom stereocenters. The van der Waals surface area contributed by atoms with Gasteiger partial charge in [-0.15, -0.1) is 0 Å². The van der Waals surface area contributed by atoms with Crippen molar-refractivity contribution in [1.29, 1.82) is 0 Å². The van der Waals surface area contributed by atoms with Gasteiger partial charge in [-0.2, -0.15) is 0 Å². The van der Waals surface area contributed by atoms with E-state index in [1.807, 2.05) is 22.6 Å². The molecule has 0 aliphatic carbocycles. The maximum absolute atomic E-state index is 11.1. The van der Waals surface area contributed by atoms with Gasteiger partial charge >= 0.3 is 5.97 Å². The summed E-state index contributed by atoms with van der Waals surface area (Å²) in [5.41, 5.74) is 0.356. The number of aromatic carboxylic acids is 1. The highest BCUT2D eigenvalue weighted by atomic mass is 127. The molecule has 0 heterocycles. The van der Waals surface area contributed by atoms with E-state index in [1.165, 1.54) is 13.0 Å². The van der Waals surface area contributed by atoms with Crippen LogP contribution in [-0.2, 0) is 0 Å². The summed E-state index contributed by atoms with van der Waals surface area (Å²) in [4.78, 5) is 21.8. The molecule has 0 aliphatic heterocycles. The van der Waals surface area contributed by atoms with Crippen molar-refractivity contribution >= 4 is 34.3 Å². The van der Waals surface area contributed by atoms with Gasteiger partial charge in [0.25, 0.3) is 0 Å². The molecule has 0 aromatic heterocycles. The number of carbonyl (C=O) groups excluding carboxylic acids is 1. The first-order valence-electron chi connectivity index (χ1n) is 3.56. The van der Waals surface area contributed by atoms with E-state index >= 15 is 0 Å². The zero-order valence-corrected chi connectivity index (χ0v) is 9.03. The van der Waals surface area contributed by atoms with E-state index in [0.717, 1.165) is 0 Å². The molecule has 0 saturated heterocycles. The van der Waals surface area contributed by atoms with Crippen molar-refractivity contribution in [3.8, 4) is 0 Å². The van der Waals surface area contributed by atoms with E-state index in [2.05, 4.69) is 0 Å². The van der Waals surface area contributed by atoms with Gasteiger partial charge in [0, 0.05) is 9.13 Å². The number of ketones is 1. The van der Waals surface area contributed by atoms with Gasteiger partial charge in [0.2, 0.25) is 0 Å². The second-order valence-corrected chi connectivity index (χ2v) is 3.69. The second-order valence-electron chi connectivity index (χ2n) is 2.52. The zero-order chi connectivity index (χ0) is 10.0. The van der Waals surface area contributed by atoms with Crippen molar-refractivity contribution < 1.29 is 14.7 Å². The molecule has 68 valence electrons. The Balaban J connectivity index is 3.43. The SMILES string of the molecule is CC(=O)c1cccc(I)c1C(=O)O. The van der Waals surface area contributed by atoms with Gasteiger partial charge < -0.3 is 5.11 Å². The third kappa shape index (κ3) is 2.06. The molecule has 0 fully saturated rings. The number of carbonyl (C=O) groups is 2. The summed E-state index contributed by atoms with van der Waals surface area (Å²) in [6.07, 6.45) is 0. The fourth-order valence-electron chi connectivity index (χ4n) is 1.03. The van der Waals surface area contributed by atoms with Crippen molar-refractivity contribution in [3.63, 3.8) is 0 Å². The molecule has 0 unspecified atom stereocenters. The van der Waals surface area contributed by atoms with Crippen LogP contribution >= 0.6 is 22.6 Å². The van der Waals surface area contributed by atoms with E-state index in [4.69, 9.17) is 5.11 Å². The van der Waals surface area contributed by atoms with E-state index in [9.17, 15) is 9.59 Å². The van der Waals surface area contributed by atoms with Gasteiger partial charge in [-0.05, 0) is 35.6 Å². The molecular formula is C9H7IO3. The van der Waals surface area contributed by atoms with Crippen LogP contribution in [0.2, 0.25) is 0 Å². The monoisotopic (exact) mass is 290 g/mol. The molecule has 0 saturated carbocycles. The maximum Gasteiger partial charge on any atom is 0.337 e. The molecule has 0 spiro atoms. The van der Waals surface area contributed by atoms with E-state index in [-0.39, 0.29) is 16.9 Å². The van der Waals surface area contributed by atoms with Crippen LogP contribution in [0.1, 0.15) is 27.6 Å². The topological polar surface area (TPSA) is 54.4 Å². The first kappa shape index (κ1) is 10.2. The van der Waals surface area contributed by atoms with Crippen LogP contribution in [0.4, 0.5) is 0 Å². The van der Waals surface area contributed by atoms with Crippen molar-refractivity contribution in [2.24, 2.45) is 0 Å². The van der Waals surface area contributed by atoms with E-state index in [1.54, 1.807) is 12.1 Å². The van der Waals surface area contributed by atoms with Gasteiger partial charge in [0.1, 0.15) is 0 Å². The molecule has 4 heteroatoms. The van der Waals surface area contributed by atoms with Crippen molar-refractivity contribution in [2.45, 2.75) is 6.92 Å². The summed E-state index contributed by atoms with van der Waals surface area (Å²) in [6.45, 7) is 1.36. The summed E-state index contributed by atoms with van der Waals surface area (Å²) in [5.74, 6) is -1.29. The second kappa shape index (κ2) is 3.87. The highest BCUT2D eigenvalue weighted by molar-refractivity contribution is 14.1.